The van der Waals surface area contributed by atoms with Crippen LogP contribution in [0.4, 0.5) is 8.78 Å². The first kappa shape index (κ1) is 27.5. The molecule has 0 heterocycles. The van der Waals surface area contributed by atoms with Crippen molar-refractivity contribution in [1.82, 2.24) is 0 Å². The molecule has 34 heavy (non-hydrogen) atoms. The summed E-state index contributed by atoms with van der Waals surface area (Å²) in [7, 11) is -4.60. The van der Waals surface area contributed by atoms with Gasteiger partial charge in [-0.05, 0) is 93.6 Å². The van der Waals surface area contributed by atoms with Crippen molar-refractivity contribution in [2.24, 2.45) is 23.2 Å². The number of allylic oxidation sites excluding steroid dienone is 3. The average molecular weight is 501 g/mol. The number of aliphatic hydroxyl groups excluding tert-OH is 2. The van der Waals surface area contributed by atoms with Crippen molar-refractivity contribution in [1.29, 1.82) is 0 Å². The predicted molar refractivity (Wildman–Crippen MR) is 132 cm³/mol. The quantitative estimate of drug-likeness (QED) is 0.488. The fourth-order valence-electron chi connectivity index (χ4n) is 6.75. The lowest BCUT2D eigenvalue weighted by Crippen LogP contribution is -2.44. The highest BCUT2D eigenvalue weighted by molar-refractivity contribution is 7.93. The van der Waals surface area contributed by atoms with Gasteiger partial charge in [0.05, 0.1) is 17.0 Å². The summed E-state index contributed by atoms with van der Waals surface area (Å²) in [4.78, 5) is 0. The first-order valence-electron chi connectivity index (χ1n) is 12.6. The Balaban J connectivity index is 1.81. The van der Waals surface area contributed by atoms with E-state index < -0.39 is 44.4 Å². The maximum atomic E-state index is 15.0. The third kappa shape index (κ3) is 4.94. The van der Waals surface area contributed by atoms with Crippen molar-refractivity contribution in [2.45, 2.75) is 108 Å². The molecule has 194 valence electrons. The molecule has 6 atom stereocenters. The Kier molecular flexibility index (Phi) is 7.64. The minimum absolute atomic E-state index is 0.0307. The highest BCUT2D eigenvalue weighted by atomic mass is 32.2. The molecule has 3 rings (SSSR count). The number of fused-ring (bicyclic) bond motifs is 1. The van der Waals surface area contributed by atoms with Crippen LogP contribution < -0.4 is 0 Å². The molecule has 0 bridgehead atoms. The van der Waals surface area contributed by atoms with Crippen molar-refractivity contribution in [3.05, 3.63) is 35.5 Å². The highest BCUT2D eigenvalue weighted by Crippen LogP contribution is 2.60. The van der Waals surface area contributed by atoms with E-state index >= 15 is 0 Å². The maximum absolute atomic E-state index is 15.0. The second-order valence-electron chi connectivity index (χ2n) is 12.1. The molecule has 0 unspecified atom stereocenters. The molecule has 0 saturated heterocycles. The molecule has 0 aromatic carbocycles. The summed E-state index contributed by atoms with van der Waals surface area (Å²) in [6, 6.07) is 0. The molecule has 3 aliphatic rings. The van der Waals surface area contributed by atoms with E-state index in [1.54, 1.807) is 6.92 Å². The summed E-state index contributed by atoms with van der Waals surface area (Å²) in [5.74, 6) is -0.114. The summed E-state index contributed by atoms with van der Waals surface area (Å²) < 4.78 is 53.6. The second-order valence-corrected chi connectivity index (χ2v) is 14.9. The average Bonchev–Trinajstić information content (AvgIpc) is 3.06. The highest BCUT2D eigenvalue weighted by Gasteiger charge is 2.56. The van der Waals surface area contributed by atoms with Crippen LogP contribution in [0.25, 0.3) is 0 Å². The molecule has 0 aromatic heterocycles. The Morgan fingerprint density at radius 2 is 1.85 bits per heavy atom. The van der Waals surface area contributed by atoms with Crippen molar-refractivity contribution < 1.29 is 27.4 Å². The van der Waals surface area contributed by atoms with E-state index in [4.69, 9.17) is 0 Å². The first-order chi connectivity index (χ1) is 15.5. The number of hydrogen-bond donors (Lipinski definition) is 2. The van der Waals surface area contributed by atoms with Gasteiger partial charge in [-0.15, -0.1) is 0 Å². The summed E-state index contributed by atoms with van der Waals surface area (Å²) in [5.41, 5.74) is 2.65. The smallest absolute Gasteiger partial charge is 0.346 e. The molecule has 0 aliphatic heterocycles. The van der Waals surface area contributed by atoms with Gasteiger partial charge in [-0.2, -0.15) is 8.78 Å². The minimum Gasteiger partial charge on any atom is -0.393 e. The maximum Gasteiger partial charge on any atom is 0.346 e. The van der Waals surface area contributed by atoms with Crippen molar-refractivity contribution in [3.8, 4) is 0 Å². The fraction of sp³-hybridized carbons (Fsp3) is 0.778. The van der Waals surface area contributed by atoms with Crippen molar-refractivity contribution >= 4 is 9.84 Å². The molecule has 0 amide bonds. The zero-order valence-corrected chi connectivity index (χ0v) is 22.1. The van der Waals surface area contributed by atoms with Crippen molar-refractivity contribution in [3.63, 3.8) is 0 Å². The lowest BCUT2D eigenvalue weighted by Gasteiger charge is -2.45. The Hall–Kier alpha value is -1.05. The standard InChI is InChI=1S/C27H42F2O4S/c1-17(16-27(28,29)34(32,33)25(3,4)5)22-11-12-23-19(8-7-13-26(22,23)6)9-10-20-14-21(30)15-24(31)18(20)2/h9-10,17,21-24,30-31H,2,7-8,11-16H2,1,3-6H3/t17-,21-,22-,23+,24+,26-/m1/s1. The lowest BCUT2D eigenvalue weighted by atomic mass is 9.61. The number of hydrogen-bond acceptors (Lipinski definition) is 4. The van der Waals surface area contributed by atoms with Crippen LogP contribution in [0.3, 0.4) is 0 Å². The fourth-order valence-corrected chi connectivity index (χ4v) is 8.13. The zero-order valence-electron chi connectivity index (χ0n) is 21.3. The topological polar surface area (TPSA) is 74.6 Å². The Labute approximate surface area is 204 Å². The summed E-state index contributed by atoms with van der Waals surface area (Å²) in [6.07, 6.45) is 7.47. The monoisotopic (exact) mass is 500 g/mol. The van der Waals surface area contributed by atoms with E-state index in [-0.39, 0.29) is 17.3 Å². The molecule has 0 aromatic rings. The third-order valence-corrected chi connectivity index (χ3v) is 11.3. The number of sulfone groups is 1. The normalized spacial score (nSPS) is 36.7. The number of halogens is 2. The minimum atomic E-state index is -4.60. The van der Waals surface area contributed by atoms with Crippen LogP contribution in [-0.2, 0) is 9.84 Å². The molecule has 4 nitrogen and oxygen atoms in total. The largest absolute Gasteiger partial charge is 0.393 e. The van der Waals surface area contributed by atoms with E-state index in [9.17, 15) is 27.4 Å². The van der Waals surface area contributed by atoms with Gasteiger partial charge in [0.2, 0.25) is 9.84 Å². The molecule has 0 radical (unpaired) electrons. The van der Waals surface area contributed by atoms with Gasteiger partial charge >= 0.3 is 5.25 Å². The zero-order chi connectivity index (χ0) is 25.7. The lowest BCUT2D eigenvalue weighted by molar-refractivity contribution is 0.0238. The Morgan fingerprint density at radius 3 is 2.47 bits per heavy atom. The van der Waals surface area contributed by atoms with Gasteiger partial charge in [-0.25, -0.2) is 8.42 Å². The molecule has 3 aliphatic carbocycles. The van der Waals surface area contributed by atoms with Gasteiger partial charge in [0.25, 0.3) is 0 Å². The summed E-state index contributed by atoms with van der Waals surface area (Å²) in [5, 5.41) is 16.4. The van der Waals surface area contributed by atoms with E-state index in [1.165, 1.54) is 26.3 Å². The predicted octanol–water partition coefficient (Wildman–Crippen LogP) is 5.96. The van der Waals surface area contributed by atoms with E-state index in [0.717, 1.165) is 37.7 Å². The third-order valence-electron chi connectivity index (χ3n) is 8.75. The molecule has 3 fully saturated rings. The van der Waals surface area contributed by atoms with Crippen LogP contribution in [-0.4, -0.2) is 40.8 Å². The van der Waals surface area contributed by atoms with Gasteiger partial charge in [0, 0.05) is 12.8 Å². The number of rotatable bonds is 5. The number of alkyl halides is 2. The van der Waals surface area contributed by atoms with Crippen LogP contribution in [0.2, 0.25) is 0 Å². The molecule has 7 heteroatoms. The first-order valence-corrected chi connectivity index (χ1v) is 14.1. The van der Waals surface area contributed by atoms with Crippen LogP contribution in [0.5, 0.6) is 0 Å². The molecule has 3 saturated carbocycles. The summed E-state index contributed by atoms with van der Waals surface area (Å²) in [6.45, 7) is 12.0. The van der Waals surface area contributed by atoms with Gasteiger partial charge in [0.15, 0.2) is 0 Å². The van der Waals surface area contributed by atoms with E-state index in [2.05, 4.69) is 19.6 Å². The van der Waals surface area contributed by atoms with Crippen LogP contribution in [0.15, 0.2) is 35.5 Å². The number of aliphatic hydroxyl groups is 2. The molecule has 0 spiro atoms. The molecule has 2 N–H and O–H groups in total. The van der Waals surface area contributed by atoms with Gasteiger partial charge in [-0.1, -0.05) is 38.2 Å². The van der Waals surface area contributed by atoms with Crippen LogP contribution in [0.1, 0.15) is 86.0 Å². The SMILES string of the molecule is C=C1C(=CC=C2CCC[C@]3(C)[C@@H]([C@H](C)CC(F)(F)S(=O)(=O)C(C)(C)C)CC[C@@H]23)C[C@@H](O)C[C@@H]1O. The van der Waals surface area contributed by atoms with E-state index in [0.29, 0.717) is 18.4 Å². The Morgan fingerprint density at radius 1 is 1.21 bits per heavy atom. The Bertz CT molecular complexity index is 960. The molecular formula is C27H42F2O4S. The van der Waals surface area contributed by atoms with Crippen LogP contribution >= 0.6 is 0 Å². The van der Waals surface area contributed by atoms with E-state index in [1.807, 2.05) is 6.08 Å². The molecular weight excluding hydrogens is 458 g/mol. The second kappa shape index (κ2) is 9.44. The summed E-state index contributed by atoms with van der Waals surface area (Å²) >= 11 is 0. The van der Waals surface area contributed by atoms with Crippen LogP contribution in [0, 0.1) is 23.2 Å². The van der Waals surface area contributed by atoms with Gasteiger partial charge in [-0.3, -0.25) is 0 Å². The van der Waals surface area contributed by atoms with Crippen molar-refractivity contribution in [2.75, 3.05) is 0 Å². The van der Waals surface area contributed by atoms with Gasteiger partial charge < -0.3 is 10.2 Å². The van der Waals surface area contributed by atoms with Gasteiger partial charge in [0.1, 0.15) is 0 Å².